The molecule has 50 valence electrons. The zero-order valence-electron chi connectivity index (χ0n) is 5.46. The minimum Gasteiger partial charge on any atom is -0.392 e. The lowest BCUT2D eigenvalue weighted by molar-refractivity contribution is 0.0667. The quantitative estimate of drug-likeness (QED) is 0.483. The van der Waals surface area contributed by atoms with Gasteiger partial charge in [0.25, 0.3) is 0 Å². The number of aliphatic hydroxyl groups is 1. The standard InChI is InChI=1S/C8H12O/c9-8-5-6-1-3-7(8)4-2-6/h1,3,6-9H,2,4-5H2/t6-,7+,8+/m1/s1. The van der Waals surface area contributed by atoms with Crippen molar-refractivity contribution in [2.45, 2.75) is 25.4 Å². The molecule has 2 bridgehead atoms. The van der Waals surface area contributed by atoms with Gasteiger partial charge in [0.2, 0.25) is 0 Å². The highest BCUT2D eigenvalue weighted by atomic mass is 16.3. The van der Waals surface area contributed by atoms with Gasteiger partial charge < -0.3 is 5.11 Å². The van der Waals surface area contributed by atoms with Crippen molar-refractivity contribution < 1.29 is 5.11 Å². The van der Waals surface area contributed by atoms with Gasteiger partial charge in [0.05, 0.1) is 6.10 Å². The third kappa shape index (κ3) is 0.799. The van der Waals surface area contributed by atoms with E-state index in [0.29, 0.717) is 11.8 Å². The van der Waals surface area contributed by atoms with Crippen LogP contribution < -0.4 is 0 Å². The van der Waals surface area contributed by atoms with Gasteiger partial charge in [0, 0.05) is 5.92 Å². The molecule has 1 N–H and O–H groups in total. The molecule has 0 aromatic carbocycles. The summed E-state index contributed by atoms with van der Waals surface area (Å²) in [6, 6.07) is 0. The number of rotatable bonds is 0. The van der Waals surface area contributed by atoms with Gasteiger partial charge in [-0.05, 0) is 25.2 Å². The number of allylic oxidation sites excluding steroid dienone is 1. The maximum Gasteiger partial charge on any atom is 0.0608 e. The Labute approximate surface area is 55.4 Å². The SMILES string of the molecule is O[C@H]1C[C@@H]2C=C[C@H]1CC2. The largest absolute Gasteiger partial charge is 0.392 e. The summed E-state index contributed by atoms with van der Waals surface area (Å²) in [7, 11) is 0. The first-order valence-corrected chi connectivity index (χ1v) is 3.72. The van der Waals surface area contributed by atoms with E-state index in [0.717, 1.165) is 6.42 Å². The fourth-order valence-electron chi connectivity index (χ4n) is 1.90. The molecule has 3 atom stereocenters. The molecule has 0 aromatic heterocycles. The minimum absolute atomic E-state index is 0.0197. The molecule has 1 heteroatoms. The van der Waals surface area contributed by atoms with Gasteiger partial charge in [0.1, 0.15) is 0 Å². The molecule has 0 aromatic rings. The van der Waals surface area contributed by atoms with Crippen LogP contribution in [0, 0.1) is 11.8 Å². The van der Waals surface area contributed by atoms with Crippen LogP contribution in [0.15, 0.2) is 12.2 Å². The first kappa shape index (κ1) is 5.48. The second kappa shape index (κ2) is 1.84. The summed E-state index contributed by atoms with van der Waals surface area (Å²) in [6.07, 6.45) is 7.96. The molecule has 3 aliphatic rings. The molecular formula is C8H12O. The number of aliphatic hydroxyl groups excluding tert-OH is 1. The van der Waals surface area contributed by atoms with Crippen molar-refractivity contribution in [3.8, 4) is 0 Å². The molecule has 0 unspecified atom stereocenters. The average molecular weight is 124 g/mol. The molecule has 0 radical (unpaired) electrons. The van der Waals surface area contributed by atoms with E-state index in [1.165, 1.54) is 12.8 Å². The van der Waals surface area contributed by atoms with Crippen LogP contribution in [0.1, 0.15) is 19.3 Å². The van der Waals surface area contributed by atoms with Crippen LogP contribution >= 0.6 is 0 Å². The maximum absolute atomic E-state index is 9.35. The fraction of sp³-hybridized carbons (Fsp3) is 0.750. The van der Waals surface area contributed by atoms with Gasteiger partial charge in [-0.15, -0.1) is 0 Å². The van der Waals surface area contributed by atoms with Crippen molar-refractivity contribution in [2.75, 3.05) is 0 Å². The molecule has 3 aliphatic carbocycles. The van der Waals surface area contributed by atoms with Crippen LogP contribution in [0.2, 0.25) is 0 Å². The second-order valence-electron chi connectivity index (χ2n) is 3.19. The zero-order chi connectivity index (χ0) is 6.27. The first-order chi connectivity index (χ1) is 4.36. The Bertz CT molecular complexity index is 140. The number of hydrogen-bond acceptors (Lipinski definition) is 1. The van der Waals surface area contributed by atoms with Gasteiger partial charge in [-0.25, -0.2) is 0 Å². The van der Waals surface area contributed by atoms with Crippen LogP contribution in [-0.4, -0.2) is 11.2 Å². The fourth-order valence-corrected chi connectivity index (χ4v) is 1.90. The lowest BCUT2D eigenvalue weighted by atomic mass is 9.74. The van der Waals surface area contributed by atoms with E-state index in [2.05, 4.69) is 12.2 Å². The van der Waals surface area contributed by atoms with Crippen LogP contribution in [0.5, 0.6) is 0 Å². The number of hydrogen-bond donors (Lipinski definition) is 1. The van der Waals surface area contributed by atoms with Crippen molar-refractivity contribution in [1.82, 2.24) is 0 Å². The van der Waals surface area contributed by atoms with Crippen molar-refractivity contribution in [1.29, 1.82) is 0 Å². The zero-order valence-corrected chi connectivity index (χ0v) is 5.46. The van der Waals surface area contributed by atoms with Crippen LogP contribution in [0.4, 0.5) is 0 Å². The summed E-state index contributed by atoms with van der Waals surface area (Å²) >= 11 is 0. The summed E-state index contributed by atoms with van der Waals surface area (Å²) in [5, 5.41) is 9.35. The van der Waals surface area contributed by atoms with E-state index in [1.807, 2.05) is 0 Å². The van der Waals surface area contributed by atoms with E-state index in [4.69, 9.17) is 0 Å². The Morgan fingerprint density at radius 3 is 2.33 bits per heavy atom. The third-order valence-corrected chi connectivity index (χ3v) is 2.54. The van der Waals surface area contributed by atoms with Gasteiger partial charge in [0.15, 0.2) is 0 Å². The van der Waals surface area contributed by atoms with Gasteiger partial charge in [-0.2, -0.15) is 0 Å². The Morgan fingerprint density at radius 1 is 1.22 bits per heavy atom. The van der Waals surface area contributed by atoms with Crippen LogP contribution in [0.3, 0.4) is 0 Å². The first-order valence-electron chi connectivity index (χ1n) is 3.72. The molecular weight excluding hydrogens is 112 g/mol. The Hall–Kier alpha value is -0.300. The molecule has 0 aliphatic heterocycles. The summed E-state index contributed by atoms with van der Waals surface area (Å²) in [5.41, 5.74) is 0. The van der Waals surface area contributed by atoms with Gasteiger partial charge in [-0.3, -0.25) is 0 Å². The van der Waals surface area contributed by atoms with Gasteiger partial charge in [-0.1, -0.05) is 12.2 Å². The van der Waals surface area contributed by atoms with Crippen molar-refractivity contribution in [2.24, 2.45) is 11.8 Å². The summed E-state index contributed by atoms with van der Waals surface area (Å²) in [6.45, 7) is 0. The number of fused-ring (bicyclic) bond motifs is 2. The Balaban J connectivity index is 2.20. The molecule has 1 saturated carbocycles. The second-order valence-corrected chi connectivity index (χ2v) is 3.19. The van der Waals surface area contributed by atoms with Gasteiger partial charge >= 0.3 is 0 Å². The topological polar surface area (TPSA) is 20.2 Å². The van der Waals surface area contributed by atoms with Crippen molar-refractivity contribution in [3.05, 3.63) is 12.2 Å². The molecule has 0 heterocycles. The lowest BCUT2D eigenvalue weighted by Crippen LogP contribution is -2.31. The Morgan fingerprint density at radius 2 is 2.11 bits per heavy atom. The molecule has 9 heavy (non-hydrogen) atoms. The average Bonchev–Trinajstić information content (AvgIpc) is 1.90. The van der Waals surface area contributed by atoms with Crippen molar-refractivity contribution in [3.63, 3.8) is 0 Å². The van der Waals surface area contributed by atoms with Crippen LogP contribution in [0.25, 0.3) is 0 Å². The molecule has 0 spiro atoms. The van der Waals surface area contributed by atoms with E-state index in [9.17, 15) is 5.11 Å². The minimum atomic E-state index is -0.0197. The van der Waals surface area contributed by atoms with E-state index < -0.39 is 0 Å². The summed E-state index contributed by atoms with van der Waals surface area (Å²) < 4.78 is 0. The third-order valence-electron chi connectivity index (χ3n) is 2.54. The van der Waals surface area contributed by atoms with E-state index in [1.54, 1.807) is 0 Å². The predicted molar refractivity (Wildman–Crippen MR) is 36.0 cm³/mol. The maximum atomic E-state index is 9.35. The van der Waals surface area contributed by atoms with E-state index >= 15 is 0 Å². The Kier molecular flexibility index (Phi) is 1.12. The van der Waals surface area contributed by atoms with Crippen molar-refractivity contribution >= 4 is 0 Å². The highest BCUT2D eigenvalue weighted by Gasteiger charge is 2.29. The van der Waals surface area contributed by atoms with E-state index in [-0.39, 0.29) is 6.10 Å². The normalized spacial score (nSPS) is 47.9. The molecule has 0 amide bonds. The molecule has 3 rings (SSSR count). The monoisotopic (exact) mass is 124 g/mol. The smallest absolute Gasteiger partial charge is 0.0608 e. The predicted octanol–water partition coefficient (Wildman–Crippen LogP) is 1.33. The highest BCUT2D eigenvalue weighted by molar-refractivity contribution is 5.06. The highest BCUT2D eigenvalue weighted by Crippen LogP contribution is 2.35. The molecule has 0 saturated heterocycles. The molecule has 1 nitrogen and oxygen atoms in total. The summed E-state index contributed by atoms with van der Waals surface area (Å²) in [5.74, 6) is 1.19. The van der Waals surface area contributed by atoms with Crippen LogP contribution in [-0.2, 0) is 0 Å². The lowest BCUT2D eigenvalue weighted by Gasteiger charge is -2.34. The summed E-state index contributed by atoms with van der Waals surface area (Å²) in [4.78, 5) is 0. The molecule has 1 fully saturated rings.